The summed E-state index contributed by atoms with van der Waals surface area (Å²) in [6.45, 7) is 4.14. The molecule has 1 aliphatic rings. The predicted octanol–water partition coefficient (Wildman–Crippen LogP) is 6.14. The molecule has 4 rings (SSSR count). The standard InChI is InChI=1S/C31H37N3O8S/c1-6-15-32-30(35)26-9-7-8-10-27(26)31(32,24-11-13-25(14-12-24)41-21-40-16-17-43(3,4)5)42-20-23-18-28(33(36)37)22(2)29(19-23)34(38)39/h7-14,18-19H,6,15-17,20-21H2,1-5H3. The zero-order chi connectivity index (χ0) is 31.4. The smallest absolute Gasteiger partial charge is 0.279 e. The van der Waals surface area contributed by atoms with Crippen LogP contribution >= 0.6 is 10.0 Å². The van der Waals surface area contributed by atoms with Crippen molar-refractivity contribution in [2.75, 3.05) is 44.5 Å². The lowest BCUT2D eigenvalue weighted by Crippen LogP contribution is -2.47. The Kier molecular flexibility index (Phi) is 9.73. The van der Waals surface area contributed by atoms with Gasteiger partial charge in [-0.1, -0.05) is 37.3 Å². The molecule has 1 heterocycles. The van der Waals surface area contributed by atoms with Gasteiger partial charge in [-0.3, -0.25) is 25.0 Å². The number of amides is 1. The molecule has 0 saturated heterocycles. The molecule has 0 N–H and O–H groups in total. The zero-order valence-corrected chi connectivity index (χ0v) is 25.8. The van der Waals surface area contributed by atoms with Crippen LogP contribution in [0.15, 0.2) is 60.7 Å². The molecule has 0 bridgehead atoms. The summed E-state index contributed by atoms with van der Waals surface area (Å²) in [4.78, 5) is 37.4. The summed E-state index contributed by atoms with van der Waals surface area (Å²) in [6.07, 6.45) is 7.32. The van der Waals surface area contributed by atoms with Crippen molar-refractivity contribution in [2.45, 2.75) is 32.6 Å². The highest BCUT2D eigenvalue weighted by Gasteiger charge is 2.51. The molecule has 1 unspecified atom stereocenters. The topological polar surface area (TPSA) is 134 Å². The van der Waals surface area contributed by atoms with Crippen molar-refractivity contribution in [1.29, 1.82) is 0 Å². The highest BCUT2D eigenvalue weighted by atomic mass is 32.3. The van der Waals surface area contributed by atoms with E-state index in [4.69, 9.17) is 14.2 Å². The van der Waals surface area contributed by atoms with Crippen molar-refractivity contribution >= 4 is 27.3 Å². The maximum Gasteiger partial charge on any atom is 0.279 e. The van der Waals surface area contributed by atoms with Gasteiger partial charge in [-0.15, -0.1) is 0 Å². The Morgan fingerprint density at radius 1 is 0.953 bits per heavy atom. The second-order valence-corrected chi connectivity index (χ2v) is 15.8. The van der Waals surface area contributed by atoms with Gasteiger partial charge in [0, 0.05) is 41.1 Å². The fraction of sp³-hybridized carbons (Fsp3) is 0.387. The molecule has 0 aromatic heterocycles. The van der Waals surface area contributed by atoms with Crippen molar-refractivity contribution in [3.63, 3.8) is 0 Å². The van der Waals surface area contributed by atoms with E-state index in [1.54, 1.807) is 29.2 Å². The van der Waals surface area contributed by atoms with Crippen LogP contribution in [-0.2, 0) is 21.8 Å². The number of carbonyl (C=O) groups excluding carboxylic acids is 1. The van der Waals surface area contributed by atoms with E-state index >= 15 is 0 Å². The number of nitro groups is 2. The number of rotatable bonds is 14. The molecule has 1 atom stereocenters. The number of hydrogen-bond acceptors (Lipinski definition) is 8. The van der Waals surface area contributed by atoms with Crippen LogP contribution in [0.4, 0.5) is 11.4 Å². The minimum absolute atomic E-state index is 0.0401. The van der Waals surface area contributed by atoms with Gasteiger partial charge in [0.1, 0.15) is 11.3 Å². The summed E-state index contributed by atoms with van der Waals surface area (Å²) in [5.41, 5.74) is -0.196. The first kappa shape index (κ1) is 31.9. The first-order valence-electron chi connectivity index (χ1n) is 13.8. The number of carbonyl (C=O) groups is 1. The van der Waals surface area contributed by atoms with E-state index in [-0.39, 0.29) is 41.8 Å². The van der Waals surface area contributed by atoms with E-state index in [1.165, 1.54) is 19.1 Å². The number of nitro benzene ring substituents is 2. The second-order valence-electron chi connectivity index (χ2n) is 11.2. The maximum absolute atomic E-state index is 13.7. The fourth-order valence-corrected chi connectivity index (χ4v) is 5.70. The molecule has 3 aromatic rings. The van der Waals surface area contributed by atoms with Gasteiger partial charge >= 0.3 is 0 Å². The van der Waals surface area contributed by atoms with E-state index in [0.29, 0.717) is 42.0 Å². The molecule has 0 aliphatic carbocycles. The molecule has 230 valence electrons. The van der Waals surface area contributed by atoms with Crippen molar-refractivity contribution in [2.24, 2.45) is 0 Å². The number of nitrogens with zero attached hydrogens (tertiary/aromatic N) is 3. The molecule has 3 aromatic carbocycles. The van der Waals surface area contributed by atoms with E-state index in [1.807, 2.05) is 31.2 Å². The molecular formula is C31H37N3O8S. The zero-order valence-electron chi connectivity index (χ0n) is 25.0. The van der Waals surface area contributed by atoms with Gasteiger partial charge in [0.2, 0.25) is 0 Å². The van der Waals surface area contributed by atoms with Gasteiger partial charge in [-0.2, -0.15) is 0 Å². The molecule has 0 fully saturated rings. The maximum atomic E-state index is 13.7. The first-order valence-corrected chi connectivity index (χ1v) is 16.9. The highest BCUT2D eigenvalue weighted by Crippen LogP contribution is 2.46. The van der Waals surface area contributed by atoms with Gasteiger partial charge in [0.05, 0.1) is 23.1 Å². The Labute approximate surface area is 252 Å². The summed E-state index contributed by atoms with van der Waals surface area (Å²) < 4.78 is 18.0. The van der Waals surface area contributed by atoms with Gasteiger partial charge < -0.3 is 19.1 Å². The molecule has 0 radical (unpaired) electrons. The van der Waals surface area contributed by atoms with Gasteiger partial charge in [-0.05, 0) is 55.9 Å². The fourth-order valence-electron chi connectivity index (χ4n) is 5.08. The van der Waals surface area contributed by atoms with Crippen LogP contribution in [-0.4, -0.2) is 65.1 Å². The number of benzene rings is 3. The lowest BCUT2D eigenvalue weighted by Gasteiger charge is -2.39. The van der Waals surface area contributed by atoms with Crippen LogP contribution in [0.3, 0.4) is 0 Å². The van der Waals surface area contributed by atoms with Crippen LogP contribution in [0.25, 0.3) is 0 Å². The highest BCUT2D eigenvalue weighted by molar-refractivity contribution is 8.32. The predicted molar refractivity (Wildman–Crippen MR) is 166 cm³/mol. The minimum Gasteiger partial charge on any atom is -0.468 e. The lowest BCUT2D eigenvalue weighted by molar-refractivity contribution is -0.395. The Hall–Kier alpha value is -4.00. The first-order chi connectivity index (χ1) is 20.4. The number of hydrogen-bond donors (Lipinski definition) is 0. The summed E-state index contributed by atoms with van der Waals surface area (Å²) >= 11 is 0. The molecule has 1 amide bonds. The third-order valence-electron chi connectivity index (χ3n) is 7.24. The van der Waals surface area contributed by atoms with E-state index < -0.39 is 25.6 Å². The largest absolute Gasteiger partial charge is 0.468 e. The van der Waals surface area contributed by atoms with Crippen LogP contribution in [0.1, 0.15) is 46.0 Å². The van der Waals surface area contributed by atoms with Crippen LogP contribution in [0.2, 0.25) is 0 Å². The Morgan fingerprint density at radius 3 is 2.16 bits per heavy atom. The SMILES string of the molecule is CCCN1C(=O)c2ccccc2C1(OCc1cc([N+](=O)[O-])c(C)c([N+](=O)[O-])c1)c1ccc(OCOCCS(C)(C)C)cc1. The van der Waals surface area contributed by atoms with Gasteiger partial charge in [0.15, 0.2) is 12.5 Å². The van der Waals surface area contributed by atoms with E-state index in [0.717, 1.165) is 5.75 Å². The monoisotopic (exact) mass is 611 g/mol. The van der Waals surface area contributed by atoms with Crippen molar-refractivity contribution < 1.29 is 28.9 Å². The Morgan fingerprint density at radius 2 is 1.58 bits per heavy atom. The summed E-state index contributed by atoms with van der Waals surface area (Å²) in [7, 11) is -0.665. The molecule has 43 heavy (non-hydrogen) atoms. The Bertz CT molecular complexity index is 1470. The molecule has 12 heteroatoms. The van der Waals surface area contributed by atoms with Crippen molar-refractivity contribution in [3.05, 3.63) is 109 Å². The molecule has 0 saturated carbocycles. The third-order valence-corrected chi connectivity index (χ3v) is 8.63. The summed E-state index contributed by atoms with van der Waals surface area (Å²) in [6, 6.07) is 16.9. The van der Waals surface area contributed by atoms with Crippen molar-refractivity contribution in [1.82, 2.24) is 4.90 Å². The van der Waals surface area contributed by atoms with Gasteiger partial charge in [-0.25, -0.2) is 10.0 Å². The van der Waals surface area contributed by atoms with E-state index in [9.17, 15) is 25.0 Å². The molecular weight excluding hydrogens is 574 g/mol. The quantitative estimate of drug-likeness (QED) is 0.0918. The normalized spacial score (nSPS) is 16.7. The van der Waals surface area contributed by atoms with Crippen molar-refractivity contribution in [3.8, 4) is 5.75 Å². The van der Waals surface area contributed by atoms with Gasteiger partial charge in [0.25, 0.3) is 17.3 Å². The molecule has 1 aliphatic heterocycles. The molecule has 11 nitrogen and oxygen atoms in total. The van der Waals surface area contributed by atoms with Crippen LogP contribution in [0.5, 0.6) is 5.75 Å². The van der Waals surface area contributed by atoms with E-state index in [2.05, 4.69) is 18.8 Å². The minimum atomic E-state index is -1.39. The lowest BCUT2D eigenvalue weighted by atomic mass is 9.93. The van der Waals surface area contributed by atoms with Crippen LogP contribution in [0, 0.1) is 27.2 Å². The number of fused-ring (bicyclic) bond motifs is 1. The summed E-state index contributed by atoms with van der Waals surface area (Å²) in [5.74, 6) is 1.34. The third kappa shape index (κ3) is 6.82. The second kappa shape index (κ2) is 13.1. The average molecular weight is 612 g/mol. The van der Waals surface area contributed by atoms with Crippen LogP contribution < -0.4 is 4.74 Å². The Balaban J connectivity index is 1.71. The average Bonchev–Trinajstić information content (AvgIpc) is 3.20. The summed E-state index contributed by atoms with van der Waals surface area (Å²) in [5, 5.41) is 23.4. The number of ether oxygens (including phenoxy) is 3. The molecule has 0 spiro atoms.